The van der Waals surface area contributed by atoms with Crippen LogP contribution in [0.25, 0.3) is 0 Å². The Kier molecular flexibility index (Phi) is 6.14. The average molecular weight is 254 g/mol. The third-order valence-electron chi connectivity index (χ3n) is 2.94. The highest BCUT2D eigenvalue weighted by atomic mass is 32.1. The minimum absolute atomic E-state index is 0.486. The largest absolute Gasteiger partial charge is 0.309 e. The third-order valence-corrected chi connectivity index (χ3v) is 3.97. The molecular formula is C14H26N2S. The zero-order valence-electron chi connectivity index (χ0n) is 11.8. The van der Waals surface area contributed by atoms with Crippen LogP contribution in [0.5, 0.6) is 0 Å². The van der Waals surface area contributed by atoms with Crippen LogP contribution in [0.3, 0.4) is 0 Å². The summed E-state index contributed by atoms with van der Waals surface area (Å²) in [5, 5.41) is 4.75. The van der Waals surface area contributed by atoms with E-state index in [0.717, 1.165) is 18.4 Å². The number of thiazole rings is 1. The Morgan fingerprint density at radius 2 is 2.00 bits per heavy atom. The molecular weight excluding hydrogens is 228 g/mol. The lowest BCUT2D eigenvalue weighted by molar-refractivity contribution is 0.361. The second-order valence-corrected chi connectivity index (χ2v) is 6.63. The first-order chi connectivity index (χ1) is 8.02. The van der Waals surface area contributed by atoms with Gasteiger partial charge in [-0.25, -0.2) is 4.98 Å². The quantitative estimate of drug-likeness (QED) is 0.790. The highest BCUT2D eigenvalue weighted by molar-refractivity contribution is 7.11. The molecule has 3 heteroatoms. The molecule has 0 fully saturated rings. The maximum atomic E-state index is 4.37. The molecule has 0 radical (unpaired) electrons. The number of aromatic nitrogens is 1. The van der Waals surface area contributed by atoms with Gasteiger partial charge in [-0.15, -0.1) is 11.3 Å². The van der Waals surface area contributed by atoms with E-state index in [-0.39, 0.29) is 0 Å². The number of hydrogen-bond donors (Lipinski definition) is 1. The molecule has 0 amide bonds. The van der Waals surface area contributed by atoms with Gasteiger partial charge < -0.3 is 5.32 Å². The molecule has 0 bridgehead atoms. The van der Waals surface area contributed by atoms with Crippen LogP contribution in [0.1, 0.15) is 56.5 Å². The van der Waals surface area contributed by atoms with E-state index < -0.39 is 0 Å². The molecule has 0 aliphatic rings. The molecule has 0 aromatic carbocycles. The summed E-state index contributed by atoms with van der Waals surface area (Å²) in [4.78, 5) is 5.76. The second-order valence-electron chi connectivity index (χ2n) is 5.36. The number of nitrogens with zero attached hydrogens (tertiary/aromatic N) is 1. The Morgan fingerprint density at radius 3 is 2.47 bits per heavy atom. The molecule has 0 saturated heterocycles. The van der Waals surface area contributed by atoms with Crippen molar-refractivity contribution in [3.8, 4) is 0 Å². The molecule has 1 rings (SSSR count). The molecule has 17 heavy (non-hydrogen) atoms. The van der Waals surface area contributed by atoms with Gasteiger partial charge in [0.25, 0.3) is 0 Å². The summed E-state index contributed by atoms with van der Waals surface area (Å²) in [7, 11) is 0. The van der Waals surface area contributed by atoms with Crippen LogP contribution in [0, 0.1) is 18.8 Å². The molecule has 1 aromatic rings. The van der Waals surface area contributed by atoms with Gasteiger partial charge in [0.2, 0.25) is 0 Å². The Labute approximate surface area is 110 Å². The number of aryl methyl sites for hydroxylation is 1. The molecule has 0 aliphatic heterocycles. The summed E-state index contributed by atoms with van der Waals surface area (Å²) < 4.78 is 0. The molecule has 0 saturated carbocycles. The SMILES string of the molecule is CCNC(CC(C)CC(C)C)c1cnc(C)s1. The van der Waals surface area contributed by atoms with E-state index in [2.05, 4.69) is 44.9 Å². The molecule has 98 valence electrons. The molecule has 2 unspecified atom stereocenters. The maximum Gasteiger partial charge on any atom is 0.0897 e. The first kappa shape index (κ1) is 14.7. The standard InChI is InChI=1S/C14H26N2S/c1-6-15-13(8-11(4)7-10(2)3)14-9-16-12(5)17-14/h9-11,13,15H,6-8H2,1-5H3. The third kappa shape index (κ3) is 5.17. The predicted octanol–water partition coefficient (Wildman–Crippen LogP) is 4.17. The summed E-state index contributed by atoms with van der Waals surface area (Å²) >= 11 is 1.82. The smallest absolute Gasteiger partial charge is 0.0897 e. The molecule has 2 atom stereocenters. The Bertz CT molecular complexity index is 320. The van der Waals surface area contributed by atoms with Crippen molar-refractivity contribution in [2.24, 2.45) is 11.8 Å². The zero-order chi connectivity index (χ0) is 12.8. The van der Waals surface area contributed by atoms with Crippen LogP contribution in [-0.4, -0.2) is 11.5 Å². The fourth-order valence-electron chi connectivity index (χ4n) is 2.39. The van der Waals surface area contributed by atoms with E-state index in [1.807, 2.05) is 17.5 Å². The van der Waals surface area contributed by atoms with Gasteiger partial charge in [-0.2, -0.15) is 0 Å². The Balaban J connectivity index is 2.60. The van der Waals surface area contributed by atoms with Gasteiger partial charge in [0, 0.05) is 17.1 Å². The molecule has 1 aromatic heterocycles. The first-order valence-electron chi connectivity index (χ1n) is 6.68. The van der Waals surface area contributed by atoms with Crippen molar-refractivity contribution < 1.29 is 0 Å². The summed E-state index contributed by atoms with van der Waals surface area (Å²) in [6.45, 7) is 12.2. The van der Waals surface area contributed by atoms with E-state index in [9.17, 15) is 0 Å². The highest BCUT2D eigenvalue weighted by Crippen LogP contribution is 2.28. The van der Waals surface area contributed by atoms with Gasteiger partial charge in [0.15, 0.2) is 0 Å². The van der Waals surface area contributed by atoms with E-state index in [1.54, 1.807) is 0 Å². The lowest BCUT2D eigenvalue weighted by Crippen LogP contribution is -2.22. The van der Waals surface area contributed by atoms with Crippen LogP contribution in [0.2, 0.25) is 0 Å². The molecule has 0 aliphatic carbocycles. The second kappa shape index (κ2) is 7.12. The maximum absolute atomic E-state index is 4.37. The van der Waals surface area contributed by atoms with Crippen LogP contribution < -0.4 is 5.32 Å². The molecule has 1 heterocycles. The molecule has 0 spiro atoms. The molecule has 1 N–H and O–H groups in total. The minimum atomic E-state index is 0.486. The monoisotopic (exact) mass is 254 g/mol. The average Bonchev–Trinajstić information content (AvgIpc) is 2.63. The van der Waals surface area contributed by atoms with Gasteiger partial charge in [0.1, 0.15) is 0 Å². The van der Waals surface area contributed by atoms with Gasteiger partial charge in [-0.3, -0.25) is 0 Å². The molecule has 2 nitrogen and oxygen atoms in total. The normalized spacial score (nSPS) is 15.2. The van der Waals surface area contributed by atoms with Crippen molar-refractivity contribution in [3.63, 3.8) is 0 Å². The minimum Gasteiger partial charge on any atom is -0.309 e. The Hall–Kier alpha value is -0.410. The van der Waals surface area contributed by atoms with Crippen LogP contribution in [0.4, 0.5) is 0 Å². The van der Waals surface area contributed by atoms with Crippen LogP contribution >= 0.6 is 11.3 Å². The Morgan fingerprint density at radius 1 is 1.29 bits per heavy atom. The fourth-order valence-corrected chi connectivity index (χ4v) is 3.26. The topological polar surface area (TPSA) is 24.9 Å². The lowest BCUT2D eigenvalue weighted by Gasteiger charge is -2.21. The van der Waals surface area contributed by atoms with Crippen molar-refractivity contribution >= 4 is 11.3 Å². The fraction of sp³-hybridized carbons (Fsp3) is 0.786. The predicted molar refractivity (Wildman–Crippen MR) is 76.5 cm³/mol. The van der Waals surface area contributed by atoms with Crippen molar-refractivity contribution in [2.45, 2.75) is 53.5 Å². The van der Waals surface area contributed by atoms with Crippen molar-refractivity contribution in [1.29, 1.82) is 0 Å². The van der Waals surface area contributed by atoms with Crippen molar-refractivity contribution in [3.05, 3.63) is 16.1 Å². The van der Waals surface area contributed by atoms with Gasteiger partial charge >= 0.3 is 0 Å². The first-order valence-corrected chi connectivity index (χ1v) is 7.50. The van der Waals surface area contributed by atoms with E-state index in [0.29, 0.717) is 6.04 Å². The summed E-state index contributed by atoms with van der Waals surface area (Å²) in [6, 6.07) is 0.486. The van der Waals surface area contributed by atoms with E-state index >= 15 is 0 Å². The van der Waals surface area contributed by atoms with E-state index in [1.165, 1.54) is 22.7 Å². The lowest BCUT2D eigenvalue weighted by atomic mass is 9.92. The van der Waals surface area contributed by atoms with Gasteiger partial charge in [-0.05, 0) is 38.1 Å². The van der Waals surface area contributed by atoms with Crippen LogP contribution in [-0.2, 0) is 0 Å². The highest BCUT2D eigenvalue weighted by Gasteiger charge is 2.17. The van der Waals surface area contributed by atoms with E-state index in [4.69, 9.17) is 0 Å². The number of hydrogen-bond acceptors (Lipinski definition) is 3. The van der Waals surface area contributed by atoms with Crippen molar-refractivity contribution in [2.75, 3.05) is 6.54 Å². The summed E-state index contributed by atoms with van der Waals surface area (Å²) in [6.07, 6.45) is 4.56. The summed E-state index contributed by atoms with van der Waals surface area (Å²) in [5.41, 5.74) is 0. The number of rotatable bonds is 7. The number of nitrogens with one attached hydrogen (secondary N) is 1. The van der Waals surface area contributed by atoms with Gasteiger partial charge in [0.05, 0.1) is 5.01 Å². The zero-order valence-corrected chi connectivity index (χ0v) is 12.6. The van der Waals surface area contributed by atoms with Gasteiger partial charge in [-0.1, -0.05) is 27.7 Å². The summed E-state index contributed by atoms with van der Waals surface area (Å²) in [5.74, 6) is 1.55. The van der Waals surface area contributed by atoms with Crippen molar-refractivity contribution in [1.82, 2.24) is 10.3 Å². The van der Waals surface area contributed by atoms with Crippen LogP contribution in [0.15, 0.2) is 6.20 Å².